The Bertz CT molecular complexity index is 1060. The van der Waals surface area contributed by atoms with Crippen molar-refractivity contribution in [3.63, 3.8) is 0 Å². The van der Waals surface area contributed by atoms with Gasteiger partial charge in [0.15, 0.2) is 0 Å². The van der Waals surface area contributed by atoms with E-state index < -0.39 is 33.4 Å². The maximum atomic E-state index is 16.3. The third-order valence-electron chi connectivity index (χ3n) is 6.03. The number of aryl methyl sites for hydroxylation is 1. The molecule has 0 N–H and O–H groups in total. The normalized spacial score (nSPS) is 17.3. The SMILES string of the molecule is Cc1ccc(S(=O)(=O)OCCC(c2ccccc2)C2(F)CCN(C(=O)OC(C)(C)C)CC2)cc1. The summed E-state index contributed by atoms with van der Waals surface area (Å²) in [7, 11) is -3.93. The lowest BCUT2D eigenvalue weighted by Gasteiger charge is -2.41. The molecule has 0 bridgehead atoms. The summed E-state index contributed by atoms with van der Waals surface area (Å²) in [5.74, 6) is -0.567. The number of rotatable bonds is 7. The number of benzene rings is 2. The Morgan fingerprint density at radius 3 is 2.21 bits per heavy atom. The predicted octanol–water partition coefficient (Wildman–Crippen LogP) is 5.61. The number of amides is 1. The molecule has 1 amide bonds. The van der Waals surface area contributed by atoms with Gasteiger partial charge < -0.3 is 9.64 Å². The maximum absolute atomic E-state index is 16.3. The van der Waals surface area contributed by atoms with Crippen LogP contribution in [-0.2, 0) is 19.0 Å². The van der Waals surface area contributed by atoms with Gasteiger partial charge in [-0.3, -0.25) is 4.18 Å². The van der Waals surface area contributed by atoms with Crippen molar-refractivity contribution in [2.75, 3.05) is 19.7 Å². The van der Waals surface area contributed by atoms with Crippen molar-refractivity contribution in [2.45, 2.75) is 69.0 Å². The van der Waals surface area contributed by atoms with Gasteiger partial charge in [0, 0.05) is 19.0 Å². The molecule has 1 atom stereocenters. The summed E-state index contributed by atoms with van der Waals surface area (Å²) in [6, 6.07) is 15.6. The lowest BCUT2D eigenvalue weighted by Crippen LogP contribution is -2.48. The molecule has 186 valence electrons. The molecule has 0 aliphatic carbocycles. The van der Waals surface area contributed by atoms with Crippen LogP contribution in [0.3, 0.4) is 0 Å². The van der Waals surface area contributed by atoms with Gasteiger partial charge >= 0.3 is 6.09 Å². The summed E-state index contributed by atoms with van der Waals surface area (Å²) in [5.41, 5.74) is -0.488. The Balaban J connectivity index is 1.69. The molecule has 1 aliphatic heterocycles. The van der Waals surface area contributed by atoms with Crippen molar-refractivity contribution in [2.24, 2.45) is 0 Å². The average Bonchev–Trinajstić information content (AvgIpc) is 2.77. The number of halogens is 1. The van der Waals surface area contributed by atoms with Gasteiger partial charge in [0.25, 0.3) is 10.1 Å². The number of alkyl halides is 1. The number of carbonyl (C=O) groups is 1. The van der Waals surface area contributed by atoms with Crippen LogP contribution in [0.1, 0.15) is 57.1 Å². The average molecular weight is 492 g/mol. The lowest BCUT2D eigenvalue weighted by atomic mass is 9.76. The van der Waals surface area contributed by atoms with E-state index in [9.17, 15) is 13.2 Å². The van der Waals surface area contributed by atoms with Gasteiger partial charge in [-0.05, 0) is 64.7 Å². The van der Waals surface area contributed by atoms with Gasteiger partial charge in [-0.2, -0.15) is 8.42 Å². The van der Waals surface area contributed by atoms with E-state index in [1.54, 1.807) is 32.9 Å². The molecular weight excluding hydrogens is 457 g/mol. The first-order valence-corrected chi connectivity index (χ1v) is 13.0. The van der Waals surface area contributed by atoms with Crippen LogP contribution >= 0.6 is 0 Å². The Kier molecular flexibility index (Phi) is 8.03. The van der Waals surface area contributed by atoms with Gasteiger partial charge in [-0.25, -0.2) is 9.18 Å². The second-order valence-corrected chi connectivity index (χ2v) is 11.5. The van der Waals surface area contributed by atoms with Crippen molar-refractivity contribution in [1.82, 2.24) is 4.90 Å². The van der Waals surface area contributed by atoms with Crippen LogP contribution in [-0.4, -0.2) is 50.4 Å². The minimum absolute atomic E-state index is 0.0787. The number of likely N-dealkylation sites (tertiary alicyclic amines) is 1. The summed E-state index contributed by atoms with van der Waals surface area (Å²) in [6.07, 6.45) is 0.0174. The maximum Gasteiger partial charge on any atom is 0.410 e. The molecule has 3 rings (SSSR count). The second kappa shape index (κ2) is 10.4. The highest BCUT2D eigenvalue weighted by Gasteiger charge is 2.44. The van der Waals surface area contributed by atoms with Gasteiger partial charge in [-0.1, -0.05) is 48.0 Å². The number of nitrogens with zero attached hydrogens (tertiary/aromatic N) is 1. The Morgan fingerprint density at radius 1 is 1.06 bits per heavy atom. The molecule has 1 aliphatic rings. The van der Waals surface area contributed by atoms with E-state index in [1.165, 1.54) is 17.0 Å². The first-order valence-electron chi connectivity index (χ1n) is 11.6. The van der Waals surface area contributed by atoms with Crippen LogP contribution in [0.25, 0.3) is 0 Å². The Labute approximate surface area is 202 Å². The first-order chi connectivity index (χ1) is 15.9. The molecule has 6 nitrogen and oxygen atoms in total. The highest BCUT2D eigenvalue weighted by molar-refractivity contribution is 7.86. The lowest BCUT2D eigenvalue weighted by molar-refractivity contribution is -0.00571. The van der Waals surface area contributed by atoms with Gasteiger partial charge in [-0.15, -0.1) is 0 Å². The zero-order chi connectivity index (χ0) is 25.0. The summed E-state index contributed by atoms with van der Waals surface area (Å²) in [5, 5.41) is 0. The summed E-state index contributed by atoms with van der Waals surface area (Å²) in [4.78, 5) is 14.0. The molecule has 2 aromatic carbocycles. The van der Waals surface area contributed by atoms with E-state index in [-0.39, 0.29) is 43.9 Å². The van der Waals surface area contributed by atoms with Crippen molar-refractivity contribution in [3.05, 3.63) is 65.7 Å². The molecule has 0 aromatic heterocycles. The monoisotopic (exact) mass is 491 g/mol. The molecule has 1 unspecified atom stereocenters. The van der Waals surface area contributed by atoms with E-state index in [4.69, 9.17) is 8.92 Å². The minimum atomic E-state index is -3.93. The predicted molar refractivity (Wildman–Crippen MR) is 129 cm³/mol. The molecule has 1 saturated heterocycles. The number of ether oxygens (including phenoxy) is 1. The summed E-state index contributed by atoms with van der Waals surface area (Å²) in [6.45, 7) is 7.58. The standard InChI is InChI=1S/C26H34FNO5S/c1-20-10-12-22(13-11-20)34(30,31)32-19-14-23(21-8-6-5-7-9-21)26(27)15-17-28(18-16-26)24(29)33-25(2,3)4/h5-13,23H,14-19H2,1-4H3. The molecule has 1 heterocycles. The van der Waals surface area contributed by atoms with Gasteiger partial charge in [0.2, 0.25) is 0 Å². The molecule has 1 fully saturated rings. The first kappa shape index (κ1) is 26.2. The highest BCUT2D eigenvalue weighted by atomic mass is 32.2. The zero-order valence-electron chi connectivity index (χ0n) is 20.3. The van der Waals surface area contributed by atoms with Gasteiger partial charge in [0.1, 0.15) is 11.3 Å². The quantitative estimate of drug-likeness (QED) is 0.471. The van der Waals surface area contributed by atoms with E-state index >= 15 is 4.39 Å². The van der Waals surface area contributed by atoms with Crippen molar-refractivity contribution >= 4 is 16.2 Å². The van der Waals surface area contributed by atoms with Crippen LogP contribution < -0.4 is 0 Å². The van der Waals surface area contributed by atoms with E-state index in [1.807, 2.05) is 37.3 Å². The van der Waals surface area contributed by atoms with E-state index in [2.05, 4.69) is 0 Å². The third-order valence-corrected chi connectivity index (χ3v) is 7.35. The van der Waals surface area contributed by atoms with Crippen LogP contribution in [0.2, 0.25) is 0 Å². The number of piperidine rings is 1. The Hall–Kier alpha value is -2.45. The highest BCUT2D eigenvalue weighted by Crippen LogP contribution is 2.42. The van der Waals surface area contributed by atoms with Crippen molar-refractivity contribution in [1.29, 1.82) is 0 Å². The number of hydrogen-bond acceptors (Lipinski definition) is 5. The molecule has 34 heavy (non-hydrogen) atoms. The van der Waals surface area contributed by atoms with Crippen molar-refractivity contribution in [3.8, 4) is 0 Å². The number of carbonyl (C=O) groups excluding carboxylic acids is 1. The topological polar surface area (TPSA) is 72.9 Å². The second-order valence-electron chi connectivity index (χ2n) is 9.84. The molecular formula is C26H34FNO5S. The molecule has 0 spiro atoms. The summed E-state index contributed by atoms with van der Waals surface area (Å²) < 4.78 is 52.2. The number of hydrogen-bond donors (Lipinski definition) is 0. The smallest absolute Gasteiger partial charge is 0.410 e. The molecule has 0 saturated carbocycles. The molecule has 8 heteroatoms. The third kappa shape index (κ3) is 6.79. The Morgan fingerprint density at radius 2 is 1.65 bits per heavy atom. The van der Waals surface area contributed by atoms with Crippen LogP contribution in [0.5, 0.6) is 0 Å². The minimum Gasteiger partial charge on any atom is -0.444 e. The van der Waals surface area contributed by atoms with E-state index in [0.717, 1.165) is 11.1 Å². The fraction of sp³-hybridized carbons (Fsp3) is 0.500. The van der Waals surface area contributed by atoms with Crippen LogP contribution in [0, 0.1) is 6.92 Å². The molecule has 0 radical (unpaired) electrons. The van der Waals surface area contributed by atoms with E-state index in [0.29, 0.717) is 0 Å². The zero-order valence-corrected chi connectivity index (χ0v) is 21.1. The fourth-order valence-corrected chi connectivity index (χ4v) is 5.12. The van der Waals surface area contributed by atoms with Crippen LogP contribution in [0.15, 0.2) is 59.5 Å². The van der Waals surface area contributed by atoms with Gasteiger partial charge in [0.05, 0.1) is 11.5 Å². The largest absolute Gasteiger partial charge is 0.444 e. The molecule has 2 aromatic rings. The fourth-order valence-electron chi connectivity index (χ4n) is 4.19. The van der Waals surface area contributed by atoms with Crippen molar-refractivity contribution < 1.29 is 26.5 Å². The van der Waals surface area contributed by atoms with Crippen LogP contribution in [0.4, 0.5) is 9.18 Å². The summed E-state index contributed by atoms with van der Waals surface area (Å²) >= 11 is 0.